The van der Waals surface area contributed by atoms with Crippen molar-refractivity contribution in [3.63, 3.8) is 0 Å². The number of rotatable bonds is 1. The molecule has 0 spiro atoms. The number of nitrogen functional groups attached to an aromatic ring is 1. The number of anilines is 1. The third-order valence-corrected chi connectivity index (χ3v) is 1.90. The zero-order chi connectivity index (χ0) is 9.30. The summed E-state index contributed by atoms with van der Waals surface area (Å²) in [6, 6.07) is 1.29. The zero-order valence-corrected chi connectivity index (χ0v) is 7.36. The maximum atomic E-state index is 10.7. The van der Waals surface area contributed by atoms with Gasteiger partial charge in [0.05, 0.1) is 10.6 Å². The molecule has 1 amide bonds. The summed E-state index contributed by atoms with van der Waals surface area (Å²) in [5.41, 5.74) is 10.4. The molecule has 0 saturated heterocycles. The second-order valence-corrected chi connectivity index (χ2v) is 2.82. The lowest BCUT2D eigenvalue weighted by Gasteiger charge is -2.01. The number of halogens is 2. The highest BCUT2D eigenvalue weighted by atomic mass is 35.5. The Balaban J connectivity index is 3.33. The van der Waals surface area contributed by atoms with Gasteiger partial charge < -0.3 is 11.5 Å². The largest absolute Gasteiger partial charge is 0.383 e. The van der Waals surface area contributed by atoms with Crippen LogP contribution in [0.1, 0.15) is 10.4 Å². The smallest absolute Gasteiger partial charge is 0.252 e. The fraction of sp³-hybridized carbons (Fsp3) is 0. The van der Waals surface area contributed by atoms with E-state index in [0.717, 1.165) is 0 Å². The van der Waals surface area contributed by atoms with Crippen LogP contribution in [0, 0.1) is 0 Å². The predicted octanol–water partition coefficient (Wildman–Crippen LogP) is 1.07. The maximum absolute atomic E-state index is 10.7. The van der Waals surface area contributed by atoms with Crippen LogP contribution in [0.3, 0.4) is 0 Å². The second kappa shape index (κ2) is 3.16. The van der Waals surface area contributed by atoms with Crippen molar-refractivity contribution >= 4 is 34.9 Å². The summed E-state index contributed by atoms with van der Waals surface area (Å²) in [6.45, 7) is 0. The SMILES string of the molecule is NC(=O)c1cc(Cl)c(Cl)nc1N. The van der Waals surface area contributed by atoms with Gasteiger partial charge in [-0.2, -0.15) is 0 Å². The number of amides is 1. The summed E-state index contributed by atoms with van der Waals surface area (Å²) in [7, 11) is 0. The van der Waals surface area contributed by atoms with Crippen LogP contribution in [0.25, 0.3) is 0 Å². The van der Waals surface area contributed by atoms with Gasteiger partial charge in [-0.15, -0.1) is 0 Å². The van der Waals surface area contributed by atoms with Crippen molar-refractivity contribution in [2.45, 2.75) is 0 Å². The number of nitrogens with two attached hydrogens (primary N) is 2. The van der Waals surface area contributed by atoms with E-state index in [9.17, 15) is 4.79 Å². The second-order valence-electron chi connectivity index (χ2n) is 2.06. The molecule has 1 aromatic rings. The summed E-state index contributed by atoms with van der Waals surface area (Å²) in [6.07, 6.45) is 0. The number of carbonyl (C=O) groups excluding carboxylic acids is 1. The number of carbonyl (C=O) groups is 1. The highest BCUT2D eigenvalue weighted by Gasteiger charge is 2.10. The van der Waals surface area contributed by atoms with E-state index < -0.39 is 5.91 Å². The number of aromatic nitrogens is 1. The standard InChI is InChI=1S/C6H5Cl2N3O/c7-3-1-2(6(10)12)5(9)11-4(3)8/h1H,(H2,9,11)(H2,10,12). The Kier molecular flexibility index (Phi) is 2.40. The molecule has 0 bridgehead atoms. The highest BCUT2D eigenvalue weighted by molar-refractivity contribution is 6.41. The van der Waals surface area contributed by atoms with E-state index in [1.165, 1.54) is 6.07 Å². The first-order valence-electron chi connectivity index (χ1n) is 2.93. The van der Waals surface area contributed by atoms with Gasteiger partial charge in [0.25, 0.3) is 5.91 Å². The maximum Gasteiger partial charge on any atom is 0.252 e. The third-order valence-electron chi connectivity index (χ3n) is 1.23. The third kappa shape index (κ3) is 1.60. The Hall–Kier alpha value is -1.00. The molecule has 0 fully saturated rings. The van der Waals surface area contributed by atoms with Crippen LogP contribution < -0.4 is 11.5 Å². The highest BCUT2D eigenvalue weighted by Crippen LogP contribution is 2.23. The molecule has 0 radical (unpaired) electrons. The molecule has 0 aliphatic rings. The minimum Gasteiger partial charge on any atom is -0.383 e. The molecule has 0 saturated carbocycles. The molecule has 64 valence electrons. The Morgan fingerprint density at radius 2 is 2.08 bits per heavy atom. The first-order chi connectivity index (χ1) is 5.52. The molecule has 4 N–H and O–H groups in total. The molecule has 0 aliphatic heterocycles. The summed E-state index contributed by atoms with van der Waals surface area (Å²) >= 11 is 11.1. The minimum absolute atomic E-state index is 0.0168. The molecule has 1 rings (SSSR count). The van der Waals surface area contributed by atoms with Crippen molar-refractivity contribution in [2.75, 3.05) is 5.73 Å². The summed E-state index contributed by atoms with van der Waals surface area (Å²) in [5.74, 6) is -0.699. The summed E-state index contributed by atoms with van der Waals surface area (Å²) < 4.78 is 0. The molecule has 0 atom stereocenters. The first-order valence-corrected chi connectivity index (χ1v) is 3.69. The van der Waals surface area contributed by atoms with Gasteiger partial charge in [-0.3, -0.25) is 4.79 Å². The van der Waals surface area contributed by atoms with Crippen molar-refractivity contribution < 1.29 is 4.79 Å². The van der Waals surface area contributed by atoms with Crippen LogP contribution in [0.5, 0.6) is 0 Å². The number of hydrogen-bond acceptors (Lipinski definition) is 3. The predicted molar refractivity (Wildman–Crippen MR) is 47.2 cm³/mol. The normalized spacial score (nSPS) is 9.83. The molecule has 1 aromatic heterocycles. The molecule has 0 aromatic carbocycles. The molecular formula is C6H5Cl2N3O. The van der Waals surface area contributed by atoms with Gasteiger partial charge in [0.15, 0.2) is 0 Å². The van der Waals surface area contributed by atoms with Crippen molar-refractivity contribution in [1.29, 1.82) is 0 Å². The van der Waals surface area contributed by atoms with Crippen molar-refractivity contribution in [3.8, 4) is 0 Å². The fourth-order valence-electron chi connectivity index (χ4n) is 0.677. The van der Waals surface area contributed by atoms with E-state index in [0.29, 0.717) is 0 Å². The molecule has 12 heavy (non-hydrogen) atoms. The first kappa shape index (κ1) is 9.09. The number of hydrogen-bond donors (Lipinski definition) is 2. The average Bonchev–Trinajstić information content (AvgIpc) is 1.96. The Morgan fingerprint density at radius 3 is 2.58 bits per heavy atom. The van der Waals surface area contributed by atoms with E-state index in [-0.39, 0.29) is 21.6 Å². The van der Waals surface area contributed by atoms with Gasteiger partial charge in [0.2, 0.25) is 0 Å². The zero-order valence-electron chi connectivity index (χ0n) is 5.84. The van der Waals surface area contributed by atoms with Crippen LogP contribution in [-0.2, 0) is 0 Å². The number of nitrogens with zero attached hydrogens (tertiary/aromatic N) is 1. The molecule has 4 nitrogen and oxygen atoms in total. The molecular weight excluding hydrogens is 201 g/mol. The van der Waals surface area contributed by atoms with E-state index in [1.54, 1.807) is 0 Å². The van der Waals surface area contributed by atoms with Gasteiger partial charge >= 0.3 is 0 Å². The fourth-order valence-corrected chi connectivity index (χ4v) is 0.974. The Bertz CT molecular complexity index is 340. The van der Waals surface area contributed by atoms with Crippen molar-refractivity contribution in [2.24, 2.45) is 5.73 Å². The molecule has 6 heteroatoms. The van der Waals surface area contributed by atoms with E-state index in [4.69, 9.17) is 34.7 Å². The quantitative estimate of drug-likeness (QED) is 0.674. The lowest BCUT2D eigenvalue weighted by molar-refractivity contribution is 0.100. The topological polar surface area (TPSA) is 82.0 Å². The van der Waals surface area contributed by atoms with Crippen LogP contribution in [0.4, 0.5) is 5.82 Å². The molecule has 1 heterocycles. The van der Waals surface area contributed by atoms with Crippen LogP contribution in [0.2, 0.25) is 10.2 Å². The van der Waals surface area contributed by atoms with Gasteiger partial charge in [-0.25, -0.2) is 4.98 Å². The summed E-state index contributed by atoms with van der Waals surface area (Å²) in [5, 5.41) is 0.207. The Morgan fingerprint density at radius 1 is 1.50 bits per heavy atom. The van der Waals surface area contributed by atoms with Gasteiger partial charge in [0, 0.05) is 0 Å². The Labute approximate surface area is 78.5 Å². The number of pyridine rings is 1. The average molecular weight is 206 g/mol. The molecule has 0 aliphatic carbocycles. The number of primary amides is 1. The van der Waals surface area contributed by atoms with Gasteiger partial charge in [0.1, 0.15) is 11.0 Å². The van der Waals surface area contributed by atoms with Crippen molar-refractivity contribution in [3.05, 3.63) is 21.8 Å². The van der Waals surface area contributed by atoms with Crippen LogP contribution in [-0.4, -0.2) is 10.9 Å². The van der Waals surface area contributed by atoms with Gasteiger partial charge in [-0.1, -0.05) is 23.2 Å². The van der Waals surface area contributed by atoms with E-state index >= 15 is 0 Å². The van der Waals surface area contributed by atoms with Gasteiger partial charge in [-0.05, 0) is 6.07 Å². The summed E-state index contributed by atoms with van der Waals surface area (Å²) in [4.78, 5) is 14.3. The van der Waals surface area contributed by atoms with Crippen molar-refractivity contribution in [1.82, 2.24) is 4.98 Å². The lowest BCUT2D eigenvalue weighted by Crippen LogP contribution is -2.14. The van der Waals surface area contributed by atoms with E-state index in [2.05, 4.69) is 4.98 Å². The molecule has 0 unspecified atom stereocenters. The monoisotopic (exact) mass is 205 g/mol. The van der Waals surface area contributed by atoms with Crippen LogP contribution >= 0.6 is 23.2 Å². The van der Waals surface area contributed by atoms with E-state index in [1.807, 2.05) is 0 Å². The minimum atomic E-state index is -0.682. The lowest BCUT2D eigenvalue weighted by atomic mass is 10.2. The van der Waals surface area contributed by atoms with Crippen LogP contribution in [0.15, 0.2) is 6.07 Å².